The van der Waals surface area contributed by atoms with E-state index in [1.807, 2.05) is 0 Å². The standard InChI is InChI=1S/C23H38OSSi.CH3.2ClH.Ti/c1-13-10-18(23(5,6)7)20(24)19(11-13)26(8,9)22-16(4)15(3)17-12-14(2)25-21(17)22;;;;/h10-11,14-17,21-22,24H,12H2,1-9H3;1H3;2*1H;/q;-1;;;+2/p-2. The van der Waals surface area contributed by atoms with E-state index in [2.05, 4.69) is 85.5 Å². The Kier molecular flexibility index (Phi) is 10.5. The van der Waals surface area contributed by atoms with Gasteiger partial charge in [-0.1, -0.05) is 72.3 Å². The minimum absolute atomic E-state index is 0. The van der Waals surface area contributed by atoms with E-state index in [1.54, 1.807) is 0 Å². The van der Waals surface area contributed by atoms with E-state index >= 15 is 0 Å². The molecule has 6 atom stereocenters. The van der Waals surface area contributed by atoms with E-state index in [9.17, 15) is 5.11 Å². The number of rotatable bonds is 2. The third-order valence-corrected chi connectivity index (χ3v) is 13.6. The molecule has 6 heteroatoms. The first kappa shape index (κ1) is 28.9. The summed E-state index contributed by atoms with van der Waals surface area (Å²) in [4.78, 5) is 0. The summed E-state index contributed by atoms with van der Waals surface area (Å²) >= 11 is 1.69. The van der Waals surface area contributed by atoms with Crippen molar-refractivity contribution in [1.29, 1.82) is 0 Å². The van der Waals surface area contributed by atoms with Gasteiger partial charge in [0.25, 0.3) is 0 Å². The SMILES string of the molecule is Cc1cc(C(C)(C)C)c(O)c([Si](C)(C)C2C(C)C(C)C3CC(C)SC32)c1.[CH3-].[Cl][Ti][Cl]. The Morgan fingerprint density at radius 1 is 1.10 bits per heavy atom. The molecule has 2 aliphatic rings. The zero-order chi connectivity index (χ0) is 22.3. The molecule has 6 unspecified atom stereocenters. The third kappa shape index (κ3) is 5.68. The number of aryl methyl sites for hydroxylation is 1. The van der Waals surface area contributed by atoms with E-state index < -0.39 is 25.1 Å². The second-order valence-electron chi connectivity index (χ2n) is 10.8. The molecule has 0 spiro atoms. The van der Waals surface area contributed by atoms with Crippen molar-refractivity contribution < 1.29 is 22.1 Å². The van der Waals surface area contributed by atoms with Gasteiger partial charge >= 0.3 is 35.6 Å². The van der Waals surface area contributed by atoms with Gasteiger partial charge in [-0.25, -0.2) is 0 Å². The first-order valence-electron chi connectivity index (χ1n) is 10.7. The average Bonchev–Trinajstić information content (AvgIpc) is 3.05. The Hall–Kier alpha value is 0.881. The maximum absolute atomic E-state index is 11.3. The van der Waals surface area contributed by atoms with Crippen LogP contribution >= 0.6 is 30.4 Å². The predicted octanol–water partition coefficient (Wildman–Crippen LogP) is 7.91. The quantitative estimate of drug-likeness (QED) is 0.314. The van der Waals surface area contributed by atoms with Crippen molar-refractivity contribution in [2.75, 3.05) is 0 Å². The number of hydrogen-bond donors (Lipinski definition) is 1. The van der Waals surface area contributed by atoms with Crippen LogP contribution in [0.1, 0.15) is 59.1 Å². The van der Waals surface area contributed by atoms with Gasteiger partial charge in [0, 0.05) is 10.5 Å². The Morgan fingerprint density at radius 3 is 2.13 bits per heavy atom. The zero-order valence-corrected chi connectivity index (χ0v) is 25.3. The fraction of sp³-hybridized carbons (Fsp3) is 0.708. The number of fused-ring (bicyclic) bond motifs is 1. The van der Waals surface area contributed by atoms with Crippen molar-refractivity contribution in [1.82, 2.24) is 0 Å². The summed E-state index contributed by atoms with van der Waals surface area (Å²) in [6.07, 6.45) is 1.38. The van der Waals surface area contributed by atoms with Crippen LogP contribution in [0.2, 0.25) is 18.6 Å². The molecule has 0 aromatic heterocycles. The van der Waals surface area contributed by atoms with Crippen LogP contribution in [-0.2, 0) is 22.4 Å². The van der Waals surface area contributed by atoms with Crippen LogP contribution in [0.4, 0.5) is 0 Å². The van der Waals surface area contributed by atoms with Crippen LogP contribution in [0.25, 0.3) is 0 Å². The summed E-state index contributed by atoms with van der Waals surface area (Å²) in [6.45, 7) is 21.3. The Bertz CT molecular complexity index is 722. The molecule has 1 aromatic carbocycles. The van der Waals surface area contributed by atoms with Crippen LogP contribution in [0.15, 0.2) is 12.1 Å². The number of benzene rings is 1. The molecule has 1 saturated heterocycles. The summed E-state index contributed by atoms with van der Waals surface area (Å²) in [7, 11) is 7.95. The molecule has 172 valence electrons. The molecule has 0 radical (unpaired) electrons. The fourth-order valence-electron chi connectivity index (χ4n) is 5.91. The van der Waals surface area contributed by atoms with Crippen LogP contribution < -0.4 is 5.19 Å². The molecule has 1 N–H and O–H groups in total. The van der Waals surface area contributed by atoms with Gasteiger partial charge in [0.05, 0.1) is 8.07 Å². The van der Waals surface area contributed by atoms with E-state index in [-0.39, 0.29) is 12.8 Å². The van der Waals surface area contributed by atoms with Gasteiger partial charge in [-0.05, 0) is 52.8 Å². The number of halogens is 2. The van der Waals surface area contributed by atoms with E-state index in [4.69, 9.17) is 18.6 Å². The number of thioether (sulfide) groups is 1. The Morgan fingerprint density at radius 2 is 1.63 bits per heavy atom. The minimum atomic E-state index is -1.82. The third-order valence-electron chi connectivity index (χ3n) is 7.43. The molecule has 3 rings (SSSR count). The van der Waals surface area contributed by atoms with Gasteiger partial charge in [0.15, 0.2) is 0 Å². The van der Waals surface area contributed by atoms with Crippen LogP contribution in [-0.4, -0.2) is 23.7 Å². The fourth-order valence-corrected chi connectivity index (χ4v) is 13.4. The van der Waals surface area contributed by atoms with Crippen molar-refractivity contribution in [3.05, 3.63) is 30.7 Å². The molecule has 1 aliphatic heterocycles. The van der Waals surface area contributed by atoms with Crippen LogP contribution in [0.5, 0.6) is 5.75 Å². The number of hydrogen-bond acceptors (Lipinski definition) is 2. The van der Waals surface area contributed by atoms with E-state index in [0.717, 1.165) is 39.4 Å². The van der Waals surface area contributed by atoms with Gasteiger partial charge < -0.3 is 12.5 Å². The van der Waals surface area contributed by atoms with E-state index in [1.165, 1.54) is 17.2 Å². The summed E-state index contributed by atoms with van der Waals surface area (Å²) in [5.41, 5.74) is 3.14. The van der Waals surface area contributed by atoms with Gasteiger partial charge in [-0.2, -0.15) is 11.8 Å². The molecule has 1 nitrogen and oxygen atoms in total. The zero-order valence-electron chi connectivity index (χ0n) is 20.4. The van der Waals surface area contributed by atoms with Crippen LogP contribution in [0.3, 0.4) is 0 Å². The molecule has 1 heterocycles. The molecular weight excluding hydrogens is 483 g/mol. The Labute approximate surface area is 208 Å². The topological polar surface area (TPSA) is 20.2 Å². The molecular formula is C24H41Cl2OSSiTi-. The monoisotopic (exact) mass is 523 g/mol. The maximum atomic E-state index is 11.3. The Balaban J connectivity index is 0.00000106. The first-order valence-corrected chi connectivity index (χ1v) is 19.0. The number of phenolic OH excluding ortho intramolecular Hbond substituents is 1. The molecule has 30 heavy (non-hydrogen) atoms. The molecule has 0 bridgehead atoms. The molecule has 1 aromatic rings. The van der Waals surface area contributed by atoms with Crippen molar-refractivity contribution in [2.24, 2.45) is 17.8 Å². The second-order valence-corrected chi connectivity index (χ2v) is 19.7. The van der Waals surface area contributed by atoms with Gasteiger partial charge in [0.1, 0.15) is 5.75 Å². The summed E-state index contributed by atoms with van der Waals surface area (Å²) < 4.78 is 0. The summed E-state index contributed by atoms with van der Waals surface area (Å²) in [5.74, 6) is 3.03. The number of aromatic hydroxyl groups is 1. The molecule has 1 aliphatic carbocycles. The van der Waals surface area contributed by atoms with Crippen LogP contribution in [0, 0.1) is 32.1 Å². The molecule has 2 fully saturated rings. The predicted molar refractivity (Wildman–Crippen MR) is 138 cm³/mol. The van der Waals surface area contributed by atoms with Crippen molar-refractivity contribution in [3.8, 4) is 5.75 Å². The molecule has 1 saturated carbocycles. The van der Waals surface area contributed by atoms with E-state index in [0.29, 0.717) is 5.75 Å². The average molecular weight is 525 g/mol. The normalized spacial score (nSPS) is 30.8. The van der Waals surface area contributed by atoms with Gasteiger partial charge in [0.2, 0.25) is 0 Å². The second kappa shape index (κ2) is 10.9. The van der Waals surface area contributed by atoms with Crippen molar-refractivity contribution >= 4 is 43.6 Å². The van der Waals surface area contributed by atoms with Gasteiger partial charge in [-0.3, -0.25) is 0 Å². The first-order chi connectivity index (χ1) is 13.3. The summed E-state index contributed by atoms with van der Waals surface area (Å²) in [6, 6.07) is 4.50. The molecule has 0 amide bonds. The van der Waals surface area contributed by atoms with Crippen molar-refractivity contribution in [2.45, 2.75) is 89.4 Å². The number of phenols is 1. The summed E-state index contributed by atoms with van der Waals surface area (Å²) in [5, 5.41) is 14.2. The van der Waals surface area contributed by atoms with Crippen molar-refractivity contribution in [3.63, 3.8) is 0 Å². The van der Waals surface area contributed by atoms with Gasteiger partial charge in [-0.15, -0.1) is 0 Å².